The largest absolute Gasteiger partial charge is 0.491 e. The summed E-state index contributed by atoms with van der Waals surface area (Å²) in [5, 5.41) is 14.5. The molecule has 12 nitrogen and oxygen atoms in total. The second-order valence-corrected chi connectivity index (χ2v) is 15.1. The molecule has 2 aliphatic rings. The number of hydrogen-bond donors (Lipinski definition) is 3. The minimum atomic E-state index is -3.69. The van der Waals surface area contributed by atoms with E-state index in [1.807, 2.05) is 24.3 Å². The Balaban J connectivity index is 1.08. The fourth-order valence-electron chi connectivity index (χ4n) is 5.46. The molecule has 2 atom stereocenters. The van der Waals surface area contributed by atoms with Crippen LogP contribution in [0.2, 0.25) is 0 Å². The van der Waals surface area contributed by atoms with Gasteiger partial charge in [0.15, 0.2) is 9.84 Å². The standard InChI is InChI=1S/C29H36N4O8S2/c30-28(35)8-13-42(36,37)25-6-3-5-24(15-25)40-20-23(34)17-31-22-16-29(41-19-22)9-11-33(12-10-29)43(38,39)26-14-21-4-1-2-7-27(21)32-18-26/h1-7,14-15,18,22-23,31,34H,8-13,16-17,19-20H2,(H2,30,35)/t22-,23+/m1/s1. The first-order valence-electron chi connectivity index (χ1n) is 14.1. The van der Waals surface area contributed by atoms with E-state index in [2.05, 4.69) is 10.3 Å². The lowest BCUT2D eigenvalue weighted by Crippen LogP contribution is -2.47. The Morgan fingerprint density at radius 3 is 2.65 bits per heavy atom. The van der Waals surface area contributed by atoms with Crippen LogP contribution in [0.5, 0.6) is 5.75 Å². The van der Waals surface area contributed by atoms with Gasteiger partial charge in [0, 0.05) is 43.7 Å². The molecule has 2 fully saturated rings. The number of carbonyl (C=O) groups excluding carboxylic acids is 1. The van der Waals surface area contributed by atoms with Gasteiger partial charge in [-0.2, -0.15) is 4.31 Å². The summed E-state index contributed by atoms with van der Waals surface area (Å²) < 4.78 is 64.7. The van der Waals surface area contributed by atoms with Crippen molar-refractivity contribution in [3.05, 3.63) is 60.8 Å². The number of aliphatic hydroxyl groups excluding tert-OH is 1. The highest BCUT2D eigenvalue weighted by atomic mass is 32.2. The Morgan fingerprint density at radius 1 is 1.12 bits per heavy atom. The number of para-hydroxylation sites is 1. The lowest BCUT2D eigenvalue weighted by molar-refractivity contribution is -0.117. The molecule has 0 radical (unpaired) electrons. The zero-order valence-corrected chi connectivity index (χ0v) is 25.2. The normalized spacial score (nSPS) is 19.9. The number of sulfone groups is 1. The number of piperidine rings is 1. The molecule has 0 aliphatic carbocycles. The van der Waals surface area contributed by atoms with Crippen LogP contribution in [-0.2, 0) is 29.4 Å². The van der Waals surface area contributed by atoms with Gasteiger partial charge in [-0.1, -0.05) is 24.3 Å². The van der Waals surface area contributed by atoms with Crippen molar-refractivity contribution in [2.45, 2.75) is 53.2 Å². The number of ether oxygens (including phenoxy) is 2. The summed E-state index contributed by atoms with van der Waals surface area (Å²) in [6.45, 7) is 1.30. The van der Waals surface area contributed by atoms with Crippen LogP contribution in [-0.4, -0.2) is 93.5 Å². The molecule has 43 heavy (non-hydrogen) atoms. The van der Waals surface area contributed by atoms with Crippen LogP contribution in [0.3, 0.4) is 0 Å². The molecule has 2 aliphatic heterocycles. The molecule has 1 aromatic heterocycles. The molecule has 232 valence electrons. The molecule has 14 heteroatoms. The van der Waals surface area contributed by atoms with Gasteiger partial charge in [0.2, 0.25) is 15.9 Å². The molecule has 3 heterocycles. The first-order valence-corrected chi connectivity index (χ1v) is 17.2. The zero-order valence-electron chi connectivity index (χ0n) is 23.6. The van der Waals surface area contributed by atoms with Crippen molar-refractivity contribution in [3.63, 3.8) is 0 Å². The second-order valence-electron chi connectivity index (χ2n) is 11.0. The third kappa shape index (κ3) is 7.51. The van der Waals surface area contributed by atoms with Gasteiger partial charge >= 0.3 is 0 Å². The van der Waals surface area contributed by atoms with E-state index in [-0.39, 0.29) is 46.9 Å². The lowest BCUT2D eigenvalue weighted by atomic mass is 9.88. The van der Waals surface area contributed by atoms with Gasteiger partial charge in [0.05, 0.1) is 28.4 Å². The Labute approximate surface area is 251 Å². The topological polar surface area (TPSA) is 178 Å². The minimum Gasteiger partial charge on any atom is -0.491 e. The van der Waals surface area contributed by atoms with E-state index in [1.165, 1.54) is 28.7 Å². The third-order valence-corrected chi connectivity index (χ3v) is 11.5. The van der Waals surface area contributed by atoms with E-state index in [9.17, 15) is 26.7 Å². The third-order valence-electron chi connectivity index (χ3n) is 7.91. The molecule has 0 unspecified atom stereocenters. The van der Waals surface area contributed by atoms with Crippen molar-refractivity contribution in [2.24, 2.45) is 5.73 Å². The molecule has 0 bridgehead atoms. The number of benzene rings is 2. The number of hydrogen-bond acceptors (Lipinski definition) is 10. The molecule has 2 saturated heterocycles. The summed E-state index contributed by atoms with van der Waals surface area (Å²) in [5.41, 5.74) is 5.38. The number of nitrogens with one attached hydrogen (secondary N) is 1. The Kier molecular flexibility index (Phi) is 9.34. The number of aromatic nitrogens is 1. The van der Waals surface area contributed by atoms with Crippen molar-refractivity contribution in [2.75, 3.05) is 38.6 Å². The maximum absolute atomic E-state index is 13.3. The number of aliphatic hydroxyl groups is 1. The zero-order chi connectivity index (χ0) is 30.7. The number of sulfonamides is 1. The average molecular weight is 633 g/mol. The van der Waals surface area contributed by atoms with E-state index in [0.29, 0.717) is 39.0 Å². The molecular weight excluding hydrogens is 596 g/mol. The van der Waals surface area contributed by atoms with Crippen LogP contribution in [0.25, 0.3) is 10.9 Å². The van der Waals surface area contributed by atoms with Gasteiger partial charge in [0.1, 0.15) is 23.4 Å². The first kappa shape index (κ1) is 31.3. The van der Waals surface area contributed by atoms with Gasteiger partial charge in [-0.05, 0) is 49.6 Å². The maximum Gasteiger partial charge on any atom is 0.244 e. The number of nitrogens with two attached hydrogens (primary N) is 1. The molecule has 2 aromatic carbocycles. The molecular formula is C29H36N4O8S2. The van der Waals surface area contributed by atoms with E-state index in [0.717, 1.165) is 10.9 Å². The van der Waals surface area contributed by atoms with Crippen LogP contribution >= 0.6 is 0 Å². The monoisotopic (exact) mass is 632 g/mol. The quantitative estimate of drug-likeness (QED) is 0.263. The molecule has 1 amide bonds. The number of rotatable bonds is 12. The summed E-state index contributed by atoms with van der Waals surface area (Å²) in [5.74, 6) is -0.805. The SMILES string of the molecule is NC(=O)CCS(=O)(=O)c1cccc(OC[C@@H](O)CN[C@H]2COC3(CCN(S(=O)(=O)c4cnc5ccccc5c4)CC3)C2)c1. The van der Waals surface area contributed by atoms with Crippen molar-refractivity contribution < 1.29 is 36.2 Å². The fraction of sp³-hybridized carbons (Fsp3) is 0.448. The summed E-state index contributed by atoms with van der Waals surface area (Å²) in [6, 6.07) is 14.9. The van der Waals surface area contributed by atoms with Crippen LogP contribution < -0.4 is 15.8 Å². The van der Waals surface area contributed by atoms with Gasteiger partial charge in [0.25, 0.3) is 0 Å². The molecule has 0 saturated carbocycles. The predicted molar refractivity (Wildman–Crippen MR) is 159 cm³/mol. The summed E-state index contributed by atoms with van der Waals surface area (Å²) in [6.07, 6.45) is 2.09. The summed E-state index contributed by atoms with van der Waals surface area (Å²) >= 11 is 0. The van der Waals surface area contributed by atoms with Crippen molar-refractivity contribution in [1.82, 2.24) is 14.6 Å². The predicted octanol–water partition coefficient (Wildman–Crippen LogP) is 1.23. The van der Waals surface area contributed by atoms with Gasteiger partial charge < -0.3 is 25.6 Å². The maximum atomic E-state index is 13.3. The van der Waals surface area contributed by atoms with Crippen LogP contribution in [0.1, 0.15) is 25.7 Å². The number of primary amides is 1. The highest BCUT2D eigenvalue weighted by Crippen LogP contribution is 2.37. The van der Waals surface area contributed by atoms with E-state index >= 15 is 0 Å². The van der Waals surface area contributed by atoms with Gasteiger partial charge in [-0.3, -0.25) is 9.78 Å². The second kappa shape index (κ2) is 12.8. The highest BCUT2D eigenvalue weighted by molar-refractivity contribution is 7.91. The minimum absolute atomic E-state index is 0.0128. The Morgan fingerprint density at radius 2 is 1.88 bits per heavy atom. The number of nitrogens with zero attached hydrogens (tertiary/aromatic N) is 2. The summed E-state index contributed by atoms with van der Waals surface area (Å²) in [7, 11) is -7.37. The molecule has 4 N–H and O–H groups in total. The lowest BCUT2D eigenvalue weighted by Gasteiger charge is -2.38. The average Bonchev–Trinajstić information content (AvgIpc) is 3.40. The van der Waals surface area contributed by atoms with Gasteiger partial charge in [-0.15, -0.1) is 0 Å². The van der Waals surface area contributed by atoms with E-state index in [4.69, 9.17) is 15.2 Å². The number of fused-ring (bicyclic) bond motifs is 1. The van der Waals surface area contributed by atoms with Gasteiger partial charge in [-0.25, -0.2) is 16.8 Å². The van der Waals surface area contributed by atoms with Crippen molar-refractivity contribution >= 4 is 36.7 Å². The van der Waals surface area contributed by atoms with Crippen molar-refractivity contribution in [1.29, 1.82) is 0 Å². The van der Waals surface area contributed by atoms with E-state index in [1.54, 1.807) is 12.1 Å². The van der Waals surface area contributed by atoms with Crippen LogP contribution in [0.4, 0.5) is 0 Å². The molecule has 5 rings (SSSR count). The van der Waals surface area contributed by atoms with Crippen LogP contribution in [0, 0.1) is 0 Å². The van der Waals surface area contributed by atoms with E-state index < -0.39 is 37.5 Å². The Hall–Kier alpha value is -3.14. The number of carbonyl (C=O) groups is 1. The Bertz CT molecular complexity index is 1670. The highest BCUT2D eigenvalue weighted by Gasteiger charge is 2.44. The molecule has 1 spiro atoms. The summed E-state index contributed by atoms with van der Waals surface area (Å²) in [4.78, 5) is 15.5. The van der Waals surface area contributed by atoms with Crippen molar-refractivity contribution in [3.8, 4) is 5.75 Å². The fourth-order valence-corrected chi connectivity index (χ4v) is 8.17. The number of amides is 1. The number of pyridine rings is 1. The van der Waals surface area contributed by atoms with Crippen LogP contribution in [0.15, 0.2) is 70.6 Å². The smallest absolute Gasteiger partial charge is 0.244 e. The first-order chi connectivity index (χ1) is 20.5. The molecule has 3 aromatic rings.